The van der Waals surface area contributed by atoms with E-state index in [1.54, 1.807) is 13.2 Å². The Morgan fingerprint density at radius 2 is 1.67 bits per heavy atom. The molecule has 18 heavy (non-hydrogen) atoms. The SMILES string of the molecule is COc1ccc(C)cc1Nc1cc(Cl)cc(Cl)c1. The molecule has 0 fully saturated rings. The average Bonchev–Trinajstić information content (AvgIpc) is 2.27. The van der Waals surface area contributed by atoms with E-state index >= 15 is 0 Å². The van der Waals surface area contributed by atoms with Crippen molar-refractivity contribution in [3.63, 3.8) is 0 Å². The molecule has 2 nitrogen and oxygen atoms in total. The third-order valence-electron chi connectivity index (χ3n) is 2.50. The van der Waals surface area contributed by atoms with Crippen LogP contribution in [0.2, 0.25) is 10.0 Å². The number of nitrogens with one attached hydrogen (secondary N) is 1. The lowest BCUT2D eigenvalue weighted by molar-refractivity contribution is 0.416. The van der Waals surface area contributed by atoms with Gasteiger partial charge in [0, 0.05) is 15.7 Å². The Hall–Kier alpha value is -1.38. The van der Waals surface area contributed by atoms with E-state index in [2.05, 4.69) is 5.32 Å². The van der Waals surface area contributed by atoms with Crippen LogP contribution >= 0.6 is 23.2 Å². The van der Waals surface area contributed by atoms with E-state index in [-0.39, 0.29) is 0 Å². The standard InChI is InChI=1S/C14H13Cl2NO/c1-9-3-4-14(18-2)13(5-9)17-12-7-10(15)6-11(16)8-12/h3-8,17H,1-2H3. The fourth-order valence-corrected chi connectivity index (χ4v) is 2.23. The second-order valence-corrected chi connectivity index (χ2v) is 4.86. The molecule has 0 saturated carbocycles. The Kier molecular flexibility index (Phi) is 4.00. The van der Waals surface area contributed by atoms with Crippen LogP contribution in [0.1, 0.15) is 5.56 Å². The summed E-state index contributed by atoms with van der Waals surface area (Å²) in [4.78, 5) is 0. The molecule has 0 saturated heterocycles. The Morgan fingerprint density at radius 1 is 1.00 bits per heavy atom. The Bertz CT molecular complexity index is 549. The summed E-state index contributed by atoms with van der Waals surface area (Å²) in [6.45, 7) is 2.02. The number of aryl methyl sites for hydroxylation is 1. The molecule has 0 bridgehead atoms. The first-order chi connectivity index (χ1) is 8.58. The zero-order chi connectivity index (χ0) is 13.1. The number of hydrogen-bond donors (Lipinski definition) is 1. The molecule has 0 aliphatic carbocycles. The number of methoxy groups -OCH3 is 1. The topological polar surface area (TPSA) is 21.3 Å². The van der Waals surface area contributed by atoms with Crippen molar-refractivity contribution in [2.45, 2.75) is 6.92 Å². The molecule has 0 aromatic heterocycles. The van der Waals surface area contributed by atoms with Crippen molar-refractivity contribution in [2.24, 2.45) is 0 Å². The largest absolute Gasteiger partial charge is 0.495 e. The summed E-state index contributed by atoms with van der Waals surface area (Å²) in [5.41, 5.74) is 2.86. The molecular weight excluding hydrogens is 269 g/mol. The zero-order valence-electron chi connectivity index (χ0n) is 10.1. The van der Waals surface area contributed by atoms with Crippen LogP contribution in [0.25, 0.3) is 0 Å². The summed E-state index contributed by atoms with van der Waals surface area (Å²) in [6, 6.07) is 11.2. The summed E-state index contributed by atoms with van der Waals surface area (Å²) >= 11 is 11.9. The Morgan fingerprint density at radius 3 is 2.28 bits per heavy atom. The van der Waals surface area contributed by atoms with Crippen LogP contribution < -0.4 is 10.1 Å². The van der Waals surface area contributed by atoms with Crippen LogP contribution in [-0.4, -0.2) is 7.11 Å². The number of ether oxygens (including phenoxy) is 1. The molecule has 0 unspecified atom stereocenters. The molecule has 0 aliphatic heterocycles. The van der Waals surface area contributed by atoms with Gasteiger partial charge in [-0.15, -0.1) is 0 Å². The molecule has 2 rings (SSSR count). The predicted molar refractivity (Wildman–Crippen MR) is 77.5 cm³/mol. The number of rotatable bonds is 3. The molecule has 0 radical (unpaired) electrons. The van der Waals surface area contributed by atoms with E-state index in [1.165, 1.54) is 0 Å². The summed E-state index contributed by atoms with van der Waals surface area (Å²) in [7, 11) is 1.64. The van der Waals surface area contributed by atoms with Gasteiger partial charge in [0.15, 0.2) is 0 Å². The highest BCUT2D eigenvalue weighted by Crippen LogP contribution is 2.31. The fourth-order valence-electron chi connectivity index (χ4n) is 1.70. The number of benzene rings is 2. The number of hydrogen-bond acceptors (Lipinski definition) is 2. The number of anilines is 2. The predicted octanol–water partition coefficient (Wildman–Crippen LogP) is 5.05. The van der Waals surface area contributed by atoms with Gasteiger partial charge in [-0.1, -0.05) is 29.3 Å². The molecule has 2 aromatic rings. The van der Waals surface area contributed by atoms with Crippen molar-refractivity contribution in [3.8, 4) is 5.75 Å². The quantitative estimate of drug-likeness (QED) is 0.850. The summed E-state index contributed by atoms with van der Waals surface area (Å²) in [5.74, 6) is 0.775. The van der Waals surface area contributed by atoms with Gasteiger partial charge in [0.2, 0.25) is 0 Å². The highest BCUT2D eigenvalue weighted by molar-refractivity contribution is 6.35. The molecule has 0 amide bonds. The molecule has 94 valence electrons. The lowest BCUT2D eigenvalue weighted by Gasteiger charge is -2.12. The molecule has 1 N–H and O–H groups in total. The fraction of sp³-hybridized carbons (Fsp3) is 0.143. The lowest BCUT2D eigenvalue weighted by atomic mass is 10.2. The van der Waals surface area contributed by atoms with Crippen molar-refractivity contribution in [2.75, 3.05) is 12.4 Å². The molecule has 2 aromatic carbocycles. The van der Waals surface area contributed by atoms with E-state index < -0.39 is 0 Å². The van der Waals surface area contributed by atoms with E-state index in [0.29, 0.717) is 10.0 Å². The Labute approximate surface area is 116 Å². The van der Waals surface area contributed by atoms with E-state index in [9.17, 15) is 0 Å². The maximum atomic E-state index is 5.97. The van der Waals surface area contributed by atoms with Crippen LogP contribution in [0.15, 0.2) is 36.4 Å². The van der Waals surface area contributed by atoms with Crippen LogP contribution in [0, 0.1) is 6.92 Å². The van der Waals surface area contributed by atoms with Crippen LogP contribution in [0.3, 0.4) is 0 Å². The van der Waals surface area contributed by atoms with Crippen molar-refractivity contribution < 1.29 is 4.74 Å². The second-order valence-electron chi connectivity index (χ2n) is 3.99. The first-order valence-electron chi connectivity index (χ1n) is 5.46. The lowest BCUT2D eigenvalue weighted by Crippen LogP contribution is -1.95. The van der Waals surface area contributed by atoms with Gasteiger partial charge >= 0.3 is 0 Å². The van der Waals surface area contributed by atoms with Crippen LogP contribution in [0.4, 0.5) is 11.4 Å². The monoisotopic (exact) mass is 281 g/mol. The summed E-state index contributed by atoms with van der Waals surface area (Å²) in [5, 5.41) is 4.44. The van der Waals surface area contributed by atoms with E-state index in [1.807, 2.05) is 37.3 Å². The highest BCUT2D eigenvalue weighted by atomic mass is 35.5. The van der Waals surface area contributed by atoms with Crippen molar-refractivity contribution in [1.29, 1.82) is 0 Å². The number of halogens is 2. The molecule has 0 heterocycles. The smallest absolute Gasteiger partial charge is 0.142 e. The molecule has 0 aliphatic rings. The highest BCUT2D eigenvalue weighted by Gasteiger charge is 2.05. The normalized spacial score (nSPS) is 10.2. The molecule has 0 spiro atoms. The van der Waals surface area contributed by atoms with Crippen molar-refractivity contribution >= 4 is 34.6 Å². The van der Waals surface area contributed by atoms with Gasteiger partial charge in [-0.05, 0) is 42.8 Å². The van der Waals surface area contributed by atoms with E-state index in [0.717, 1.165) is 22.7 Å². The average molecular weight is 282 g/mol. The van der Waals surface area contributed by atoms with Gasteiger partial charge in [-0.2, -0.15) is 0 Å². The maximum absolute atomic E-state index is 5.97. The minimum absolute atomic E-state index is 0.594. The van der Waals surface area contributed by atoms with Gasteiger partial charge in [0.25, 0.3) is 0 Å². The van der Waals surface area contributed by atoms with Gasteiger partial charge in [0.05, 0.1) is 12.8 Å². The third kappa shape index (κ3) is 3.09. The van der Waals surface area contributed by atoms with Crippen LogP contribution in [-0.2, 0) is 0 Å². The minimum Gasteiger partial charge on any atom is -0.495 e. The van der Waals surface area contributed by atoms with E-state index in [4.69, 9.17) is 27.9 Å². The Balaban J connectivity index is 2.35. The van der Waals surface area contributed by atoms with Gasteiger partial charge in [-0.25, -0.2) is 0 Å². The van der Waals surface area contributed by atoms with Crippen molar-refractivity contribution in [3.05, 3.63) is 52.0 Å². The van der Waals surface area contributed by atoms with Crippen molar-refractivity contribution in [1.82, 2.24) is 0 Å². The minimum atomic E-state index is 0.594. The third-order valence-corrected chi connectivity index (χ3v) is 2.93. The molecule has 4 heteroatoms. The maximum Gasteiger partial charge on any atom is 0.142 e. The van der Waals surface area contributed by atoms with Gasteiger partial charge < -0.3 is 10.1 Å². The second kappa shape index (κ2) is 5.51. The molecule has 0 atom stereocenters. The first kappa shape index (κ1) is 13.1. The summed E-state index contributed by atoms with van der Waals surface area (Å²) in [6.07, 6.45) is 0. The molecular formula is C14H13Cl2NO. The first-order valence-corrected chi connectivity index (χ1v) is 6.22. The van der Waals surface area contributed by atoms with Gasteiger partial charge in [0.1, 0.15) is 5.75 Å². The van der Waals surface area contributed by atoms with Crippen LogP contribution in [0.5, 0.6) is 5.75 Å². The van der Waals surface area contributed by atoms with Gasteiger partial charge in [-0.3, -0.25) is 0 Å². The zero-order valence-corrected chi connectivity index (χ0v) is 11.6. The summed E-state index contributed by atoms with van der Waals surface area (Å²) < 4.78 is 5.30.